The molecule has 2 aliphatic rings. The molecular weight excluding hydrogens is 419 g/mol. The summed E-state index contributed by atoms with van der Waals surface area (Å²) in [5.41, 5.74) is -0.407. The maximum absolute atomic E-state index is 12.9. The van der Waals surface area contributed by atoms with Gasteiger partial charge in [-0.25, -0.2) is 0 Å². The number of thiocarbonyl (C=S) groups is 1. The van der Waals surface area contributed by atoms with Crippen LogP contribution >= 0.6 is 24.0 Å². The molecule has 8 heteroatoms. The standard InChI is InChI=1S/C21H18F3NO2S2/c22-21(23,24)14-6-4-5-13(11-14)17-10-9-16(27-17)12-18-19(26)25(20(28)29-18)15-7-2-1-3-8-15/h4-6,9-12,15H,1-3,7-8H2. The predicted molar refractivity (Wildman–Crippen MR) is 111 cm³/mol. The summed E-state index contributed by atoms with van der Waals surface area (Å²) >= 11 is 6.65. The first-order chi connectivity index (χ1) is 13.8. The Bertz CT molecular complexity index is 974. The highest BCUT2D eigenvalue weighted by Gasteiger charge is 2.37. The summed E-state index contributed by atoms with van der Waals surface area (Å²) in [5, 5.41) is 0. The van der Waals surface area contributed by atoms with E-state index >= 15 is 0 Å². The van der Waals surface area contributed by atoms with Gasteiger partial charge in [0.1, 0.15) is 15.8 Å². The summed E-state index contributed by atoms with van der Waals surface area (Å²) in [7, 11) is 0. The van der Waals surface area contributed by atoms with Crippen molar-refractivity contribution < 1.29 is 22.4 Å². The van der Waals surface area contributed by atoms with E-state index in [0.29, 0.717) is 26.3 Å². The van der Waals surface area contributed by atoms with Crippen molar-refractivity contribution in [3.05, 3.63) is 52.6 Å². The lowest BCUT2D eigenvalue weighted by Gasteiger charge is -2.29. The molecule has 3 nitrogen and oxygen atoms in total. The van der Waals surface area contributed by atoms with Crippen LogP contribution in [0.3, 0.4) is 0 Å². The summed E-state index contributed by atoms with van der Waals surface area (Å²) in [5.74, 6) is 0.593. The second-order valence-electron chi connectivity index (χ2n) is 7.12. The third-order valence-corrected chi connectivity index (χ3v) is 6.47. The minimum atomic E-state index is -4.42. The van der Waals surface area contributed by atoms with Crippen molar-refractivity contribution in [2.75, 3.05) is 0 Å². The van der Waals surface area contributed by atoms with Crippen LogP contribution in [0.2, 0.25) is 0 Å². The van der Waals surface area contributed by atoms with Crippen molar-refractivity contribution >= 4 is 40.3 Å². The van der Waals surface area contributed by atoms with E-state index in [1.165, 1.54) is 24.2 Å². The number of thioether (sulfide) groups is 1. The number of benzene rings is 1. The van der Waals surface area contributed by atoms with Gasteiger partial charge in [-0.3, -0.25) is 9.69 Å². The molecule has 4 rings (SSSR count). The van der Waals surface area contributed by atoms with Gasteiger partial charge in [-0.15, -0.1) is 0 Å². The second kappa shape index (κ2) is 7.99. The lowest BCUT2D eigenvalue weighted by atomic mass is 9.94. The largest absolute Gasteiger partial charge is 0.457 e. The lowest BCUT2D eigenvalue weighted by molar-refractivity contribution is -0.137. The van der Waals surface area contributed by atoms with Gasteiger partial charge in [-0.05, 0) is 37.1 Å². The van der Waals surface area contributed by atoms with E-state index in [9.17, 15) is 18.0 Å². The second-order valence-corrected chi connectivity index (χ2v) is 8.80. The van der Waals surface area contributed by atoms with Crippen LogP contribution in [0, 0.1) is 0 Å². The number of rotatable bonds is 3. The number of carbonyl (C=O) groups is 1. The summed E-state index contributed by atoms with van der Waals surface area (Å²) < 4.78 is 45.0. The van der Waals surface area contributed by atoms with E-state index in [0.717, 1.165) is 37.8 Å². The number of halogens is 3. The van der Waals surface area contributed by atoms with Gasteiger partial charge in [0.05, 0.1) is 10.5 Å². The van der Waals surface area contributed by atoms with Crippen molar-refractivity contribution in [3.8, 4) is 11.3 Å². The highest BCUT2D eigenvalue weighted by molar-refractivity contribution is 8.26. The number of hydrogen-bond donors (Lipinski definition) is 0. The number of nitrogens with zero attached hydrogens (tertiary/aromatic N) is 1. The average molecular weight is 438 g/mol. The number of carbonyl (C=O) groups excluding carboxylic acids is 1. The summed E-state index contributed by atoms with van der Waals surface area (Å²) in [4.78, 5) is 15.0. The van der Waals surface area contributed by atoms with Crippen LogP contribution in [-0.4, -0.2) is 21.2 Å². The quantitative estimate of drug-likeness (QED) is 0.405. The van der Waals surface area contributed by atoms with Crippen molar-refractivity contribution in [1.82, 2.24) is 4.90 Å². The minimum Gasteiger partial charge on any atom is -0.457 e. The van der Waals surface area contributed by atoms with Gasteiger partial charge >= 0.3 is 6.18 Å². The summed E-state index contributed by atoms with van der Waals surface area (Å²) in [6, 6.07) is 8.36. The van der Waals surface area contributed by atoms with Crippen molar-refractivity contribution in [2.24, 2.45) is 0 Å². The maximum Gasteiger partial charge on any atom is 0.416 e. The zero-order chi connectivity index (χ0) is 20.6. The Morgan fingerprint density at radius 3 is 2.62 bits per heavy atom. The highest BCUT2D eigenvalue weighted by Crippen LogP contribution is 2.38. The molecule has 1 aromatic carbocycles. The van der Waals surface area contributed by atoms with Crippen LogP contribution < -0.4 is 0 Å². The van der Waals surface area contributed by atoms with E-state index in [2.05, 4.69) is 0 Å². The Kier molecular flexibility index (Phi) is 5.57. The van der Waals surface area contributed by atoms with Gasteiger partial charge in [0.25, 0.3) is 5.91 Å². The number of furan rings is 1. The number of amides is 1. The van der Waals surface area contributed by atoms with Crippen LogP contribution in [-0.2, 0) is 11.0 Å². The van der Waals surface area contributed by atoms with Gasteiger partial charge in [0.2, 0.25) is 0 Å². The lowest BCUT2D eigenvalue weighted by Crippen LogP contribution is -2.39. The van der Waals surface area contributed by atoms with E-state index in [1.54, 1.807) is 29.2 Å². The SMILES string of the molecule is O=C1C(=Cc2ccc(-c3cccc(C(F)(F)F)c3)o2)SC(=S)N1C1CCCCC1. The topological polar surface area (TPSA) is 33.5 Å². The fourth-order valence-corrected chi connectivity index (χ4v) is 5.08. The number of hydrogen-bond acceptors (Lipinski definition) is 4. The van der Waals surface area contributed by atoms with Crippen molar-refractivity contribution in [1.29, 1.82) is 0 Å². The molecule has 0 bridgehead atoms. The van der Waals surface area contributed by atoms with E-state index in [1.807, 2.05) is 0 Å². The smallest absolute Gasteiger partial charge is 0.416 e. The maximum atomic E-state index is 12.9. The van der Waals surface area contributed by atoms with Crippen molar-refractivity contribution in [2.45, 2.75) is 44.3 Å². The van der Waals surface area contributed by atoms with Crippen LogP contribution in [0.15, 0.2) is 45.7 Å². The molecule has 1 amide bonds. The van der Waals surface area contributed by atoms with Crippen LogP contribution in [0.5, 0.6) is 0 Å². The predicted octanol–water partition coefficient (Wildman–Crippen LogP) is 6.50. The van der Waals surface area contributed by atoms with E-state index in [-0.39, 0.29) is 11.9 Å². The van der Waals surface area contributed by atoms with Crippen LogP contribution in [0.4, 0.5) is 13.2 Å². The van der Waals surface area contributed by atoms with Gasteiger partial charge < -0.3 is 4.42 Å². The summed E-state index contributed by atoms with van der Waals surface area (Å²) in [6.45, 7) is 0. The molecular formula is C21H18F3NO2S2. The molecule has 1 saturated carbocycles. The van der Waals surface area contributed by atoms with Gasteiger partial charge in [-0.2, -0.15) is 13.2 Å². The Balaban J connectivity index is 1.55. The van der Waals surface area contributed by atoms with Crippen LogP contribution in [0.25, 0.3) is 17.4 Å². The average Bonchev–Trinajstić information content (AvgIpc) is 3.27. The van der Waals surface area contributed by atoms with Gasteiger partial charge in [0, 0.05) is 17.7 Å². The minimum absolute atomic E-state index is 0.121. The molecule has 0 atom stereocenters. The molecule has 2 aromatic rings. The van der Waals surface area contributed by atoms with Crippen molar-refractivity contribution in [3.63, 3.8) is 0 Å². The molecule has 29 heavy (non-hydrogen) atoms. The molecule has 152 valence electrons. The molecule has 0 unspecified atom stereocenters. The molecule has 1 aliphatic carbocycles. The zero-order valence-corrected chi connectivity index (χ0v) is 17.0. The summed E-state index contributed by atoms with van der Waals surface area (Å²) in [6.07, 6.45) is 2.49. The first kappa shape index (κ1) is 20.2. The third kappa shape index (κ3) is 4.28. The first-order valence-corrected chi connectivity index (χ1v) is 10.6. The van der Waals surface area contributed by atoms with E-state index in [4.69, 9.17) is 16.6 Å². The Labute approximate surface area is 175 Å². The van der Waals surface area contributed by atoms with Gasteiger partial charge in [-0.1, -0.05) is 55.4 Å². The Morgan fingerprint density at radius 2 is 1.90 bits per heavy atom. The molecule has 0 N–H and O–H groups in total. The third-order valence-electron chi connectivity index (χ3n) is 5.14. The molecule has 1 saturated heterocycles. The first-order valence-electron chi connectivity index (χ1n) is 9.37. The molecule has 2 heterocycles. The monoisotopic (exact) mass is 437 g/mol. The van der Waals surface area contributed by atoms with Gasteiger partial charge in [0.15, 0.2) is 0 Å². The zero-order valence-electron chi connectivity index (χ0n) is 15.4. The fourth-order valence-electron chi connectivity index (χ4n) is 3.70. The Morgan fingerprint density at radius 1 is 1.14 bits per heavy atom. The fraction of sp³-hybridized carbons (Fsp3) is 0.333. The molecule has 2 fully saturated rings. The molecule has 0 spiro atoms. The van der Waals surface area contributed by atoms with Crippen LogP contribution in [0.1, 0.15) is 43.4 Å². The molecule has 1 aliphatic heterocycles. The highest BCUT2D eigenvalue weighted by atomic mass is 32.2. The number of alkyl halides is 3. The van der Waals surface area contributed by atoms with E-state index < -0.39 is 11.7 Å². The molecule has 0 radical (unpaired) electrons. The normalized spacial score (nSPS) is 20.1. The Hall–Kier alpha value is -2.06. The molecule has 1 aromatic heterocycles.